The fourth-order valence-electron chi connectivity index (χ4n) is 2.60. The molecule has 1 aromatic rings. The predicted octanol–water partition coefficient (Wildman–Crippen LogP) is 3.82. The average molecular weight is 265 g/mol. The Kier molecular flexibility index (Phi) is 5.20. The number of benzene rings is 1. The molecule has 1 atom stereocenters. The first-order chi connectivity index (χ1) is 9.15. The normalized spacial score (nSPS) is 18.3. The van der Waals surface area contributed by atoms with Crippen LogP contribution in [-0.2, 0) is 0 Å². The van der Waals surface area contributed by atoms with E-state index < -0.39 is 0 Å². The lowest BCUT2D eigenvalue weighted by atomic mass is 9.95. The number of hydrogen-bond acceptors (Lipinski definition) is 2. The van der Waals surface area contributed by atoms with Crippen LogP contribution in [0.3, 0.4) is 0 Å². The molecule has 1 aliphatic rings. The van der Waals surface area contributed by atoms with Gasteiger partial charge in [0.05, 0.1) is 0 Å². The van der Waals surface area contributed by atoms with E-state index in [2.05, 4.69) is 5.32 Å². The van der Waals surface area contributed by atoms with E-state index in [1.54, 1.807) is 6.07 Å². The summed E-state index contributed by atoms with van der Waals surface area (Å²) in [6.07, 6.45) is 6.62. The quantitative estimate of drug-likeness (QED) is 0.873. The van der Waals surface area contributed by atoms with Gasteiger partial charge in [0.15, 0.2) is 0 Å². The van der Waals surface area contributed by atoms with Gasteiger partial charge in [-0.15, -0.1) is 0 Å². The molecule has 1 unspecified atom stereocenters. The van der Waals surface area contributed by atoms with Crippen LogP contribution in [-0.4, -0.2) is 18.7 Å². The zero-order valence-corrected chi connectivity index (χ0v) is 11.9. The third kappa shape index (κ3) is 4.50. The molecule has 19 heavy (non-hydrogen) atoms. The summed E-state index contributed by atoms with van der Waals surface area (Å²) in [5.74, 6) is 0.408. The van der Waals surface area contributed by atoms with Crippen LogP contribution in [0.4, 0.5) is 4.39 Å². The maximum absolute atomic E-state index is 13.2. The summed E-state index contributed by atoms with van der Waals surface area (Å²) >= 11 is 0. The summed E-state index contributed by atoms with van der Waals surface area (Å²) in [4.78, 5) is 0. The van der Waals surface area contributed by atoms with Crippen LogP contribution in [0, 0.1) is 12.7 Å². The topological polar surface area (TPSA) is 21.3 Å². The van der Waals surface area contributed by atoms with Crippen molar-refractivity contribution < 1.29 is 9.13 Å². The zero-order chi connectivity index (χ0) is 13.7. The second-order valence-corrected chi connectivity index (χ2v) is 5.58. The molecule has 0 spiro atoms. The van der Waals surface area contributed by atoms with Crippen molar-refractivity contribution in [1.82, 2.24) is 5.32 Å². The molecule has 0 heterocycles. The van der Waals surface area contributed by atoms with E-state index in [-0.39, 0.29) is 11.9 Å². The molecule has 3 heteroatoms. The minimum atomic E-state index is -0.243. The van der Waals surface area contributed by atoms with Gasteiger partial charge < -0.3 is 10.1 Å². The van der Waals surface area contributed by atoms with Gasteiger partial charge in [0.1, 0.15) is 17.7 Å². The van der Waals surface area contributed by atoms with Crippen LogP contribution < -0.4 is 10.1 Å². The summed E-state index contributed by atoms with van der Waals surface area (Å²) in [5.41, 5.74) is 0.978. The molecule has 2 rings (SSSR count). The van der Waals surface area contributed by atoms with E-state index in [0.29, 0.717) is 11.8 Å². The van der Waals surface area contributed by atoms with Crippen molar-refractivity contribution in [1.29, 1.82) is 0 Å². The van der Waals surface area contributed by atoms with Crippen LogP contribution in [0.1, 0.15) is 44.6 Å². The molecule has 106 valence electrons. The Morgan fingerprint density at radius 2 is 2.05 bits per heavy atom. The molecule has 0 saturated heterocycles. The van der Waals surface area contributed by atoms with Crippen molar-refractivity contribution in [2.75, 3.05) is 6.54 Å². The van der Waals surface area contributed by atoms with Crippen molar-refractivity contribution in [2.45, 2.75) is 58.1 Å². The first kappa shape index (κ1) is 14.3. The molecule has 0 bridgehead atoms. The van der Waals surface area contributed by atoms with Gasteiger partial charge in [-0.25, -0.2) is 4.39 Å². The number of aryl methyl sites for hydroxylation is 1. The van der Waals surface area contributed by atoms with Gasteiger partial charge in [0.25, 0.3) is 0 Å². The minimum Gasteiger partial charge on any atom is -0.489 e. The number of ether oxygens (including phenoxy) is 1. The number of nitrogens with one attached hydrogen (secondary N) is 1. The van der Waals surface area contributed by atoms with Gasteiger partial charge >= 0.3 is 0 Å². The summed E-state index contributed by atoms with van der Waals surface area (Å²) in [5, 5.41) is 3.56. The molecular formula is C16H24FNO. The number of rotatable bonds is 5. The van der Waals surface area contributed by atoms with Gasteiger partial charge in [-0.2, -0.15) is 0 Å². The van der Waals surface area contributed by atoms with Gasteiger partial charge in [-0.1, -0.05) is 25.3 Å². The van der Waals surface area contributed by atoms with E-state index in [1.165, 1.54) is 44.2 Å². The monoisotopic (exact) mass is 265 g/mol. The van der Waals surface area contributed by atoms with E-state index in [4.69, 9.17) is 4.74 Å². The highest BCUT2D eigenvalue weighted by atomic mass is 19.1. The molecule has 0 aliphatic heterocycles. The van der Waals surface area contributed by atoms with Crippen molar-refractivity contribution >= 4 is 0 Å². The Bertz CT molecular complexity index is 402. The molecule has 2 nitrogen and oxygen atoms in total. The first-order valence-corrected chi connectivity index (χ1v) is 7.31. The Hall–Kier alpha value is -1.09. The third-order valence-corrected chi connectivity index (χ3v) is 3.78. The van der Waals surface area contributed by atoms with E-state index in [9.17, 15) is 4.39 Å². The van der Waals surface area contributed by atoms with Crippen LogP contribution in [0.25, 0.3) is 0 Å². The second-order valence-electron chi connectivity index (χ2n) is 5.58. The summed E-state index contributed by atoms with van der Waals surface area (Å²) in [7, 11) is 0. The Morgan fingerprint density at radius 3 is 2.79 bits per heavy atom. The highest BCUT2D eigenvalue weighted by molar-refractivity contribution is 5.32. The molecule has 1 saturated carbocycles. The lowest BCUT2D eigenvalue weighted by Gasteiger charge is -2.25. The second kappa shape index (κ2) is 6.90. The van der Waals surface area contributed by atoms with Crippen LogP contribution in [0.2, 0.25) is 0 Å². The summed E-state index contributed by atoms with van der Waals surface area (Å²) in [6, 6.07) is 5.32. The predicted molar refractivity (Wildman–Crippen MR) is 76.1 cm³/mol. The SMILES string of the molecule is Cc1ccc(F)cc1OC(C)CNC1CCCCC1. The van der Waals surface area contributed by atoms with Crippen molar-refractivity contribution in [2.24, 2.45) is 0 Å². The van der Waals surface area contributed by atoms with Crippen LogP contribution in [0.15, 0.2) is 18.2 Å². The molecule has 0 amide bonds. The molecule has 1 aromatic carbocycles. The van der Waals surface area contributed by atoms with E-state index in [0.717, 1.165) is 12.1 Å². The lowest BCUT2D eigenvalue weighted by molar-refractivity contribution is 0.203. The Labute approximate surface area is 115 Å². The highest BCUT2D eigenvalue weighted by Crippen LogP contribution is 2.20. The average Bonchev–Trinajstić information content (AvgIpc) is 2.42. The fraction of sp³-hybridized carbons (Fsp3) is 0.625. The van der Waals surface area contributed by atoms with E-state index in [1.807, 2.05) is 13.8 Å². The van der Waals surface area contributed by atoms with Gasteiger partial charge in [0, 0.05) is 18.7 Å². The lowest BCUT2D eigenvalue weighted by Crippen LogP contribution is -2.37. The van der Waals surface area contributed by atoms with Gasteiger partial charge in [-0.3, -0.25) is 0 Å². The standard InChI is InChI=1S/C16H24FNO/c1-12-8-9-14(17)10-16(12)19-13(2)11-18-15-6-4-3-5-7-15/h8-10,13,15,18H,3-7,11H2,1-2H3. The summed E-state index contributed by atoms with van der Waals surface area (Å²) < 4.78 is 19.0. The maximum atomic E-state index is 13.2. The summed E-state index contributed by atoms with van der Waals surface area (Å²) in [6.45, 7) is 4.79. The van der Waals surface area contributed by atoms with Crippen molar-refractivity contribution in [3.8, 4) is 5.75 Å². The fourth-order valence-corrected chi connectivity index (χ4v) is 2.60. The van der Waals surface area contributed by atoms with Crippen molar-refractivity contribution in [3.05, 3.63) is 29.6 Å². The third-order valence-electron chi connectivity index (χ3n) is 3.78. The maximum Gasteiger partial charge on any atom is 0.126 e. The Morgan fingerprint density at radius 1 is 1.32 bits per heavy atom. The largest absolute Gasteiger partial charge is 0.489 e. The number of halogens is 1. The molecule has 1 aliphatic carbocycles. The highest BCUT2D eigenvalue weighted by Gasteiger charge is 2.14. The molecule has 1 N–H and O–H groups in total. The smallest absolute Gasteiger partial charge is 0.126 e. The van der Waals surface area contributed by atoms with Crippen molar-refractivity contribution in [3.63, 3.8) is 0 Å². The molecule has 0 aromatic heterocycles. The number of hydrogen-bond donors (Lipinski definition) is 1. The van der Waals surface area contributed by atoms with Crippen LogP contribution in [0.5, 0.6) is 5.75 Å². The molecule has 0 radical (unpaired) electrons. The van der Waals surface area contributed by atoms with E-state index >= 15 is 0 Å². The zero-order valence-electron chi connectivity index (χ0n) is 11.9. The Balaban J connectivity index is 1.80. The molecular weight excluding hydrogens is 241 g/mol. The van der Waals surface area contributed by atoms with Crippen LogP contribution >= 0.6 is 0 Å². The first-order valence-electron chi connectivity index (χ1n) is 7.31. The van der Waals surface area contributed by atoms with Gasteiger partial charge in [-0.05, 0) is 38.3 Å². The van der Waals surface area contributed by atoms with Gasteiger partial charge in [0.2, 0.25) is 0 Å². The minimum absolute atomic E-state index is 0.0578. The molecule has 1 fully saturated rings.